The molecular weight excluding hydrogens is 384 g/mol. The van der Waals surface area contributed by atoms with E-state index in [2.05, 4.69) is 24.5 Å². The van der Waals surface area contributed by atoms with Crippen LogP contribution in [-0.2, 0) is 19.2 Å². The number of fused-ring (bicyclic) bond motifs is 1. The fourth-order valence-electron chi connectivity index (χ4n) is 5.25. The molecule has 8 heteroatoms. The van der Waals surface area contributed by atoms with Crippen molar-refractivity contribution in [1.29, 1.82) is 0 Å². The van der Waals surface area contributed by atoms with E-state index in [-0.39, 0.29) is 34.5 Å². The average molecular weight is 421 g/mol. The highest BCUT2D eigenvalue weighted by molar-refractivity contribution is 6.37. The highest BCUT2D eigenvalue weighted by atomic mass is 16.2. The van der Waals surface area contributed by atoms with Crippen LogP contribution in [0.3, 0.4) is 0 Å². The summed E-state index contributed by atoms with van der Waals surface area (Å²) in [5.41, 5.74) is 4.86. The van der Waals surface area contributed by atoms with Crippen LogP contribution in [0.2, 0.25) is 0 Å². The van der Waals surface area contributed by atoms with E-state index in [1.165, 1.54) is 0 Å². The number of carbonyl (C=O) groups is 4. The molecule has 0 aromatic carbocycles. The molecule has 0 aromatic heterocycles. The number of amides is 3. The Hall–Kier alpha value is -1.96. The summed E-state index contributed by atoms with van der Waals surface area (Å²) in [7, 11) is 1.75. The minimum absolute atomic E-state index is 0.0324. The van der Waals surface area contributed by atoms with Crippen LogP contribution in [0, 0.1) is 28.6 Å². The Balaban J connectivity index is 1.81. The predicted octanol–water partition coefficient (Wildman–Crippen LogP) is 0.443. The molecule has 0 aromatic rings. The van der Waals surface area contributed by atoms with Gasteiger partial charge in [0, 0.05) is 6.54 Å². The van der Waals surface area contributed by atoms with Gasteiger partial charge in [0.15, 0.2) is 0 Å². The van der Waals surface area contributed by atoms with E-state index in [4.69, 9.17) is 5.73 Å². The number of nitrogens with zero attached hydrogens (tertiary/aromatic N) is 1. The number of Topliss-reactive ketones (excluding diaryl/α,β-unsaturated/α-hetero) is 1. The lowest BCUT2D eigenvalue weighted by molar-refractivity contribution is -0.145. The van der Waals surface area contributed by atoms with Crippen LogP contribution in [0.1, 0.15) is 53.9 Å². The Morgan fingerprint density at radius 2 is 1.77 bits per heavy atom. The van der Waals surface area contributed by atoms with E-state index < -0.39 is 29.8 Å². The number of carbonyl (C=O) groups excluding carboxylic acids is 4. The quantitative estimate of drug-likeness (QED) is 0.492. The van der Waals surface area contributed by atoms with Crippen LogP contribution in [0.25, 0.3) is 0 Å². The van der Waals surface area contributed by atoms with Crippen molar-refractivity contribution in [3.63, 3.8) is 0 Å². The van der Waals surface area contributed by atoms with E-state index in [0.29, 0.717) is 18.9 Å². The monoisotopic (exact) mass is 420 g/mol. The van der Waals surface area contributed by atoms with Crippen molar-refractivity contribution in [2.45, 2.75) is 72.0 Å². The third-order valence-corrected chi connectivity index (χ3v) is 7.30. The number of ketones is 1. The SMILES string of the molecule is CNC(C(=O)N1CC2C(C1C(=O)NC(CC1CC1)C(=O)C(N)=O)C2(C)C)C(C)(C)C. The molecule has 30 heavy (non-hydrogen) atoms. The number of hydrogen-bond acceptors (Lipinski definition) is 5. The Kier molecular flexibility index (Phi) is 5.77. The second-order valence-corrected chi connectivity index (χ2v) is 10.9. The average Bonchev–Trinajstić information content (AvgIpc) is 3.46. The molecule has 0 radical (unpaired) electrons. The first-order valence-electron chi connectivity index (χ1n) is 10.9. The molecule has 1 saturated heterocycles. The second-order valence-electron chi connectivity index (χ2n) is 10.9. The molecule has 8 nitrogen and oxygen atoms in total. The lowest BCUT2D eigenvalue weighted by Crippen LogP contribution is -2.59. The molecule has 1 aliphatic heterocycles. The number of rotatable bonds is 8. The lowest BCUT2D eigenvalue weighted by Gasteiger charge is -2.37. The molecule has 3 fully saturated rings. The molecule has 2 saturated carbocycles. The molecule has 3 rings (SSSR count). The van der Waals surface area contributed by atoms with Crippen molar-refractivity contribution in [3.05, 3.63) is 0 Å². The molecule has 4 N–H and O–H groups in total. The van der Waals surface area contributed by atoms with E-state index in [9.17, 15) is 19.2 Å². The van der Waals surface area contributed by atoms with Crippen molar-refractivity contribution in [2.75, 3.05) is 13.6 Å². The molecule has 168 valence electrons. The van der Waals surface area contributed by atoms with Crippen molar-refractivity contribution >= 4 is 23.5 Å². The van der Waals surface area contributed by atoms with E-state index in [1.807, 2.05) is 20.8 Å². The summed E-state index contributed by atoms with van der Waals surface area (Å²) in [6.07, 6.45) is 2.39. The van der Waals surface area contributed by atoms with Crippen LogP contribution in [-0.4, -0.2) is 60.1 Å². The van der Waals surface area contributed by atoms with Crippen LogP contribution in [0.4, 0.5) is 0 Å². The Bertz CT molecular complexity index is 753. The summed E-state index contributed by atoms with van der Waals surface area (Å²) in [6.45, 7) is 10.7. The Morgan fingerprint density at radius 1 is 1.17 bits per heavy atom. The largest absolute Gasteiger partial charge is 0.363 e. The van der Waals surface area contributed by atoms with E-state index >= 15 is 0 Å². The van der Waals surface area contributed by atoms with Gasteiger partial charge in [-0.05, 0) is 42.1 Å². The highest BCUT2D eigenvalue weighted by Gasteiger charge is 2.69. The van der Waals surface area contributed by atoms with Crippen LogP contribution in [0.15, 0.2) is 0 Å². The van der Waals surface area contributed by atoms with E-state index in [0.717, 1.165) is 12.8 Å². The summed E-state index contributed by atoms with van der Waals surface area (Å²) in [4.78, 5) is 52.2. The maximum Gasteiger partial charge on any atom is 0.287 e. The van der Waals surface area contributed by atoms with Crippen LogP contribution >= 0.6 is 0 Å². The minimum Gasteiger partial charge on any atom is -0.363 e. The third-order valence-electron chi connectivity index (χ3n) is 7.30. The maximum atomic E-state index is 13.4. The fraction of sp³-hybridized carbons (Fsp3) is 0.818. The molecule has 0 spiro atoms. The van der Waals surface area contributed by atoms with Crippen molar-refractivity contribution < 1.29 is 19.2 Å². The summed E-state index contributed by atoms with van der Waals surface area (Å²) >= 11 is 0. The van der Waals surface area contributed by atoms with Gasteiger partial charge in [0.2, 0.25) is 17.6 Å². The smallest absolute Gasteiger partial charge is 0.287 e. The van der Waals surface area contributed by atoms with Gasteiger partial charge in [0.1, 0.15) is 6.04 Å². The molecule has 5 atom stereocenters. The van der Waals surface area contributed by atoms with Gasteiger partial charge in [-0.2, -0.15) is 0 Å². The number of primary amides is 1. The van der Waals surface area contributed by atoms with Gasteiger partial charge in [0.05, 0.1) is 12.1 Å². The number of hydrogen-bond donors (Lipinski definition) is 3. The highest BCUT2D eigenvalue weighted by Crippen LogP contribution is 2.65. The third kappa shape index (κ3) is 4.11. The van der Waals surface area contributed by atoms with Crippen LogP contribution < -0.4 is 16.4 Å². The zero-order valence-electron chi connectivity index (χ0n) is 19.0. The molecular formula is C22H36N4O4. The standard InChI is InChI=1S/C22H36N4O4/c1-21(2,3)17(24-6)20(30)26-10-12-14(22(12,4)5)15(26)19(29)25-13(9-11-7-8-11)16(27)18(23)28/h11-15,17,24H,7-10H2,1-6H3,(H2,23,28)(H,25,29). The van der Waals surface area contributed by atoms with Gasteiger partial charge in [0.25, 0.3) is 5.91 Å². The van der Waals surface area contributed by atoms with Gasteiger partial charge < -0.3 is 21.3 Å². The summed E-state index contributed by atoms with van der Waals surface area (Å²) in [5, 5.41) is 5.88. The number of likely N-dealkylation sites (tertiary alicyclic amines) is 1. The van der Waals surface area contributed by atoms with Gasteiger partial charge in [-0.3, -0.25) is 19.2 Å². The zero-order chi connectivity index (χ0) is 22.6. The molecule has 1 heterocycles. The summed E-state index contributed by atoms with van der Waals surface area (Å²) in [5.74, 6) is -1.63. The first kappa shape index (κ1) is 22.7. The molecule has 2 aliphatic carbocycles. The number of likely N-dealkylation sites (N-methyl/N-ethyl adjacent to an activating group) is 1. The van der Waals surface area contributed by atoms with Crippen molar-refractivity contribution in [1.82, 2.24) is 15.5 Å². The fourth-order valence-corrected chi connectivity index (χ4v) is 5.25. The second kappa shape index (κ2) is 7.62. The normalized spacial score (nSPS) is 29.0. The zero-order valence-corrected chi connectivity index (χ0v) is 19.0. The van der Waals surface area contributed by atoms with Crippen LogP contribution in [0.5, 0.6) is 0 Å². The van der Waals surface area contributed by atoms with E-state index in [1.54, 1.807) is 11.9 Å². The number of nitrogens with one attached hydrogen (secondary N) is 2. The summed E-state index contributed by atoms with van der Waals surface area (Å²) in [6, 6.07) is -1.98. The van der Waals surface area contributed by atoms with Crippen molar-refractivity contribution in [3.8, 4) is 0 Å². The maximum absolute atomic E-state index is 13.4. The predicted molar refractivity (Wildman–Crippen MR) is 112 cm³/mol. The first-order valence-corrected chi connectivity index (χ1v) is 10.9. The Labute approximate surface area is 178 Å². The first-order chi connectivity index (χ1) is 13.8. The lowest BCUT2D eigenvalue weighted by atomic mass is 9.85. The van der Waals surface area contributed by atoms with Gasteiger partial charge in [-0.25, -0.2) is 0 Å². The minimum atomic E-state index is -1.03. The summed E-state index contributed by atoms with van der Waals surface area (Å²) < 4.78 is 0. The van der Waals surface area contributed by atoms with Gasteiger partial charge in [-0.1, -0.05) is 47.5 Å². The van der Waals surface area contributed by atoms with Gasteiger partial charge >= 0.3 is 0 Å². The topological polar surface area (TPSA) is 122 Å². The number of nitrogens with two attached hydrogens (primary N) is 1. The van der Waals surface area contributed by atoms with Crippen molar-refractivity contribution in [2.24, 2.45) is 34.3 Å². The molecule has 3 amide bonds. The molecule has 3 aliphatic rings. The molecule has 5 unspecified atom stereocenters. The molecule has 0 bridgehead atoms. The number of piperidine rings is 1. The Morgan fingerprint density at radius 3 is 2.23 bits per heavy atom. The van der Waals surface area contributed by atoms with Gasteiger partial charge in [-0.15, -0.1) is 0 Å².